The molecule has 1 spiro atoms. The lowest BCUT2D eigenvalue weighted by Crippen LogP contribution is -2.51. The largest absolute Gasteiger partial charge is 0.486 e. The van der Waals surface area contributed by atoms with Crippen molar-refractivity contribution in [3.63, 3.8) is 0 Å². The molecule has 2 aliphatic rings. The molecule has 0 radical (unpaired) electrons. The highest BCUT2D eigenvalue weighted by molar-refractivity contribution is 9.10. The molecule has 0 saturated carbocycles. The molecule has 0 amide bonds. The number of piperidine rings is 1. The molecule has 23 heavy (non-hydrogen) atoms. The average Bonchev–Trinajstić information content (AvgIpc) is 2.57. The minimum Gasteiger partial charge on any atom is -0.486 e. The summed E-state index contributed by atoms with van der Waals surface area (Å²) in [5.41, 5.74) is 0.294. The molecule has 2 aliphatic heterocycles. The molecule has 1 aromatic heterocycles. The first-order valence-corrected chi connectivity index (χ1v) is 8.48. The Morgan fingerprint density at radius 2 is 1.91 bits per heavy atom. The van der Waals surface area contributed by atoms with Crippen molar-refractivity contribution >= 4 is 27.7 Å². The van der Waals surface area contributed by atoms with Gasteiger partial charge in [-0.1, -0.05) is 15.9 Å². The van der Waals surface area contributed by atoms with E-state index in [9.17, 15) is 4.79 Å². The van der Waals surface area contributed by atoms with Crippen LogP contribution in [0.3, 0.4) is 0 Å². The third-order valence-electron chi connectivity index (χ3n) is 4.56. The number of hydrogen-bond acceptors (Lipinski definition) is 5. The molecule has 0 unspecified atom stereocenters. The second kappa shape index (κ2) is 5.60. The van der Waals surface area contributed by atoms with Crippen LogP contribution < -0.4 is 9.64 Å². The van der Waals surface area contributed by atoms with Crippen molar-refractivity contribution in [3.8, 4) is 5.75 Å². The summed E-state index contributed by atoms with van der Waals surface area (Å²) in [6.07, 6.45) is 5.54. The van der Waals surface area contributed by atoms with Crippen LogP contribution in [-0.4, -0.2) is 34.4 Å². The van der Waals surface area contributed by atoms with Gasteiger partial charge in [-0.15, -0.1) is 0 Å². The number of fused-ring (bicyclic) bond motifs is 1. The predicted molar refractivity (Wildman–Crippen MR) is 89.9 cm³/mol. The topological polar surface area (TPSA) is 55.3 Å². The molecule has 1 aromatic carbocycles. The summed E-state index contributed by atoms with van der Waals surface area (Å²) < 4.78 is 7.16. The Hall–Kier alpha value is -1.95. The standard InChI is InChI=1S/C17H16BrN3O2/c18-12-2-3-15-13(10-12)14(22)11-17(23-15)4-8-21(9-5-17)16-19-6-1-7-20-16/h1-3,6-7,10H,4-5,8-9,11H2. The molecular weight excluding hydrogens is 358 g/mol. The lowest BCUT2D eigenvalue weighted by Gasteiger charge is -2.43. The van der Waals surface area contributed by atoms with Gasteiger partial charge in [0, 0.05) is 42.8 Å². The Morgan fingerprint density at radius 1 is 1.17 bits per heavy atom. The van der Waals surface area contributed by atoms with Gasteiger partial charge in [-0.05, 0) is 24.3 Å². The van der Waals surface area contributed by atoms with Gasteiger partial charge in [-0.2, -0.15) is 0 Å². The third kappa shape index (κ3) is 2.72. The van der Waals surface area contributed by atoms with Gasteiger partial charge >= 0.3 is 0 Å². The number of ketones is 1. The molecule has 0 N–H and O–H groups in total. The number of benzene rings is 1. The molecule has 4 rings (SSSR count). The van der Waals surface area contributed by atoms with Gasteiger partial charge in [-0.3, -0.25) is 4.79 Å². The van der Waals surface area contributed by atoms with Gasteiger partial charge in [0.15, 0.2) is 5.78 Å². The van der Waals surface area contributed by atoms with Crippen LogP contribution in [0.5, 0.6) is 5.75 Å². The van der Waals surface area contributed by atoms with Crippen LogP contribution in [0.25, 0.3) is 0 Å². The van der Waals surface area contributed by atoms with Crippen molar-refractivity contribution in [3.05, 3.63) is 46.7 Å². The second-order valence-electron chi connectivity index (χ2n) is 6.06. The number of hydrogen-bond donors (Lipinski definition) is 0. The molecule has 0 aliphatic carbocycles. The molecular formula is C17H16BrN3O2. The van der Waals surface area contributed by atoms with Crippen LogP contribution in [-0.2, 0) is 0 Å². The van der Waals surface area contributed by atoms with Crippen molar-refractivity contribution in [2.24, 2.45) is 0 Å². The fourth-order valence-electron chi connectivity index (χ4n) is 3.31. The lowest BCUT2D eigenvalue weighted by atomic mass is 9.82. The molecule has 2 aromatic rings. The maximum Gasteiger partial charge on any atom is 0.225 e. The summed E-state index contributed by atoms with van der Waals surface area (Å²) >= 11 is 3.41. The number of rotatable bonds is 1. The summed E-state index contributed by atoms with van der Waals surface area (Å²) in [6.45, 7) is 1.59. The summed E-state index contributed by atoms with van der Waals surface area (Å²) in [7, 11) is 0. The fraction of sp³-hybridized carbons (Fsp3) is 0.353. The Balaban J connectivity index is 1.54. The minimum atomic E-state index is -0.386. The number of carbonyl (C=O) groups excluding carboxylic acids is 1. The molecule has 1 saturated heterocycles. The smallest absolute Gasteiger partial charge is 0.225 e. The van der Waals surface area contributed by atoms with Crippen molar-refractivity contribution in [1.29, 1.82) is 0 Å². The van der Waals surface area contributed by atoms with E-state index in [1.165, 1.54) is 0 Å². The third-order valence-corrected chi connectivity index (χ3v) is 5.05. The molecule has 6 heteroatoms. The van der Waals surface area contributed by atoms with E-state index < -0.39 is 0 Å². The molecule has 118 valence electrons. The van der Waals surface area contributed by atoms with Gasteiger partial charge < -0.3 is 9.64 Å². The zero-order valence-corrected chi connectivity index (χ0v) is 14.1. The minimum absolute atomic E-state index is 0.164. The number of carbonyl (C=O) groups is 1. The Morgan fingerprint density at radius 3 is 2.65 bits per heavy atom. The number of halogens is 1. The predicted octanol–water partition coefficient (Wildman–Crippen LogP) is 3.24. The van der Waals surface area contributed by atoms with E-state index in [4.69, 9.17) is 4.74 Å². The van der Waals surface area contributed by atoms with Gasteiger partial charge in [0.2, 0.25) is 5.95 Å². The first-order chi connectivity index (χ1) is 11.2. The lowest BCUT2D eigenvalue weighted by molar-refractivity contribution is 0.0230. The van der Waals surface area contributed by atoms with E-state index in [0.29, 0.717) is 17.7 Å². The van der Waals surface area contributed by atoms with Crippen molar-refractivity contribution < 1.29 is 9.53 Å². The average molecular weight is 374 g/mol. The first-order valence-electron chi connectivity index (χ1n) is 7.69. The van der Waals surface area contributed by atoms with Crippen LogP contribution >= 0.6 is 15.9 Å². The fourth-order valence-corrected chi connectivity index (χ4v) is 3.67. The Labute approximate surface area is 142 Å². The number of ether oxygens (including phenoxy) is 1. The van der Waals surface area contributed by atoms with E-state index in [0.717, 1.165) is 36.4 Å². The van der Waals surface area contributed by atoms with Crippen LogP contribution in [0.2, 0.25) is 0 Å². The van der Waals surface area contributed by atoms with Crippen LogP contribution in [0.1, 0.15) is 29.6 Å². The summed E-state index contributed by atoms with van der Waals surface area (Å²) in [4.78, 5) is 23.3. The van der Waals surface area contributed by atoms with E-state index in [2.05, 4.69) is 30.8 Å². The maximum absolute atomic E-state index is 12.5. The van der Waals surface area contributed by atoms with E-state index in [1.807, 2.05) is 24.3 Å². The number of nitrogens with zero attached hydrogens (tertiary/aromatic N) is 3. The van der Waals surface area contributed by atoms with E-state index in [-0.39, 0.29) is 11.4 Å². The quantitative estimate of drug-likeness (QED) is 0.767. The highest BCUT2D eigenvalue weighted by Crippen LogP contribution is 2.40. The molecule has 3 heterocycles. The molecule has 5 nitrogen and oxygen atoms in total. The zero-order chi connectivity index (χ0) is 15.9. The van der Waals surface area contributed by atoms with Crippen molar-refractivity contribution in [1.82, 2.24) is 9.97 Å². The first kappa shape index (κ1) is 14.6. The normalized spacial score (nSPS) is 19.3. The van der Waals surface area contributed by atoms with E-state index in [1.54, 1.807) is 12.4 Å². The summed E-state index contributed by atoms with van der Waals surface area (Å²) in [5, 5.41) is 0. The number of aromatic nitrogens is 2. The van der Waals surface area contributed by atoms with Crippen LogP contribution in [0, 0.1) is 0 Å². The van der Waals surface area contributed by atoms with Crippen molar-refractivity contribution in [2.75, 3.05) is 18.0 Å². The molecule has 0 atom stereocenters. The van der Waals surface area contributed by atoms with Gasteiger partial charge in [0.05, 0.1) is 12.0 Å². The number of Topliss-reactive ketones (excluding diaryl/α,β-unsaturated/α-hetero) is 1. The summed E-state index contributed by atoms with van der Waals surface area (Å²) in [5.74, 6) is 1.61. The molecule has 1 fully saturated rings. The van der Waals surface area contributed by atoms with Crippen LogP contribution in [0.4, 0.5) is 5.95 Å². The van der Waals surface area contributed by atoms with Crippen molar-refractivity contribution in [2.45, 2.75) is 24.9 Å². The van der Waals surface area contributed by atoms with Gasteiger partial charge in [0.25, 0.3) is 0 Å². The highest BCUT2D eigenvalue weighted by Gasteiger charge is 2.43. The monoisotopic (exact) mass is 373 g/mol. The molecule has 0 bridgehead atoms. The van der Waals surface area contributed by atoms with Gasteiger partial charge in [0.1, 0.15) is 11.4 Å². The zero-order valence-electron chi connectivity index (χ0n) is 12.5. The maximum atomic E-state index is 12.5. The SMILES string of the molecule is O=C1CC2(CCN(c3ncccn3)CC2)Oc2ccc(Br)cc21. The Bertz CT molecular complexity index is 743. The number of anilines is 1. The van der Waals surface area contributed by atoms with Crippen LogP contribution in [0.15, 0.2) is 41.1 Å². The summed E-state index contributed by atoms with van der Waals surface area (Å²) in [6, 6.07) is 7.45. The Kier molecular flexibility index (Phi) is 3.56. The highest BCUT2D eigenvalue weighted by atomic mass is 79.9. The second-order valence-corrected chi connectivity index (χ2v) is 6.98. The van der Waals surface area contributed by atoms with Gasteiger partial charge in [-0.25, -0.2) is 9.97 Å². The van der Waals surface area contributed by atoms with E-state index >= 15 is 0 Å².